The van der Waals surface area contributed by atoms with Crippen LogP contribution in [0.3, 0.4) is 0 Å². The Kier molecular flexibility index (Phi) is 4.57. The fourth-order valence-electron chi connectivity index (χ4n) is 1.34. The Hall–Kier alpha value is -1.97. The standard InChI is InChI=1S/C13H14O4/c1-3-11(14)8-12(15)9-5-4-6-10(7-9)13(16)17-2/h4-7H,3,8H2,1-2H3. The van der Waals surface area contributed by atoms with Gasteiger partial charge in [-0.15, -0.1) is 0 Å². The minimum Gasteiger partial charge on any atom is -0.465 e. The van der Waals surface area contributed by atoms with Crippen LogP contribution in [0, 0.1) is 0 Å². The molecule has 0 atom stereocenters. The molecular formula is C13H14O4. The minimum atomic E-state index is -0.499. The van der Waals surface area contributed by atoms with Crippen LogP contribution in [0.4, 0.5) is 0 Å². The molecule has 0 heterocycles. The summed E-state index contributed by atoms with van der Waals surface area (Å²) in [6.07, 6.45) is 0.212. The number of Topliss-reactive ketones (excluding diaryl/α,β-unsaturated/α-hetero) is 2. The Morgan fingerprint density at radius 2 is 1.82 bits per heavy atom. The molecule has 0 aliphatic heterocycles. The minimum absolute atomic E-state index is 0.113. The van der Waals surface area contributed by atoms with E-state index in [1.54, 1.807) is 25.1 Å². The largest absolute Gasteiger partial charge is 0.465 e. The third kappa shape index (κ3) is 3.52. The molecule has 1 rings (SSSR count). The monoisotopic (exact) mass is 234 g/mol. The van der Waals surface area contributed by atoms with Crippen molar-refractivity contribution in [3.63, 3.8) is 0 Å². The molecule has 0 saturated heterocycles. The quantitative estimate of drug-likeness (QED) is 0.444. The molecule has 0 fully saturated rings. The predicted octanol–water partition coefficient (Wildman–Crippen LogP) is 2.03. The second-order valence-electron chi connectivity index (χ2n) is 3.56. The molecule has 4 heteroatoms. The molecule has 0 amide bonds. The molecule has 0 bridgehead atoms. The Bertz CT molecular complexity index is 448. The molecule has 0 saturated carbocycles. The normalized spacial score (nSPS) is 9.76. The van der Waals surface area contributed by atoms with E-state index in [2.05, 4.69) is 4.74 Å². The number of ether oxygens (including phenoxy) is 1. The van der Waals surface area contributed by atoms with E-state index in [4.69, 9.17) is 0 Å². The number of carbonyl (C=O) groups excluding carboxylic acids is 3. The lowest BCUT2D eigenvalue weighted by Gasteiger charge is -2.02. The van der Waals surface area contributed by atoms with Gasteiger partial charge in [0, 0.05) is 12.0 Å². The average molecular weight is 234 g/mol. The van der Waals surface area contributed by atoms with Gasteiger partial charge in [0.05, 0.1) is 19.1 Å². The number of methoxy groups -OCH3 is 1. The molecule has 1 aromatic rings. The van der Waals surface area contributed by atoms with Crippen molar-refractivity contribution in [2.45, 2.75) is 19.8 Å². The Balaban J connectivity index is 2.88. The first-order valence-electron chi connectivity index (χ1n) is 5.31. The SMILES string of the molecule is CCC(=O)CC(=O)c1cccc(C(=O)OC)c1. The zero-order valence-electron chi connectivity index (χ0n) is 9.86. The second kappa shape index (κ2) is 5.94. The topological polar surface area (TPSA) is 60.4 Å². The fraction of sp³-hybridized carbons (Fsp3) is 0.308. The van der Waals surface area contributed by atoms with E-state index in [1.807, 2.05) is 0 Å². The van der Waals surface area contributed by atoms with Gasteiger partial charge in [0.15, 0.2) is 5.78 Å². The molecule has 90 valence electrons. The van der Waals surface area contributed by atoms with Gasteiger partial charge >= 0.3 is 5.97 Å². The van der Waals surface area contributed by atoms with Crippen LogP contribution in [0.25, 0.3) is 0 Å². The van der Waals surface area contributed by atoms with E-state index < -0.39 is 5.97 Å². The van der Waals surface area contributed by atoms with Crippen LogP contribution in [0.1, 0.15) is 40.5 Å². The molecule has 0 aliphatic carbocycles. The maximum atomic E-state index is 11.7. The van der Waals surface area contributed by atoms with Crippen LogP contribution >= 0.6 is 0 Å². The van der Waals surface area contributed by atoms with Crippen molar-refractivity contribution >= 4 is 17.5 Å². The highest BCUT2D eigenvalue weighted by molar-refractivity contribution is 6.08. The highest BCUT2D eigenvalue weighted by Crippen LogP contribution is 2.09. The van der Waals surface area contributed by atoms with E-state index in [1.165, 1.54) is 13.2 Å². The van der Waals surface area contributed by atoms with Crippen molar-refractivity contribution in [3.8, 4) is 0 Å². The Labute approximate surface area is 99.6 Å². The lowest BCUT2D eigenvalue weighted by Crippen LogP contribution is -2.09. The maximum absolute atomic E-state index is 11.7. The van der Waals surface area contributed by atoms with Crippen LogP contribution < -0.4 is 0 Å². The summed E-state index contributed by atoms with van der Waals surface area (Å²) in [5.41, 5.74) is 0.664. The molecule has 0 aromatic heterocycles. The smallest absolute Gasteiger partial charge is 0.337 e. The van der Waals surface area contributed by atoms with E-state index in [-0.39, 0.29) is 18.0 Å². The van der Waals surface area contributed by atoms with Crippen LogP contribution in [0.15, 0.2) is 24.3 Å². The summed E-state index contributed by atoms with van der Waals surface area (Å²) in [5, 5.41) is 0. The molecule has 0 radical (unpaired) electrons. The summed E-state index contributed by atoms with van der Waals surface area (Å²) in [6, 6.07) is 6.18. The van der Waals surface area contributed by atoms with E-state index in [0.29, 0.717) is 17.5 Å². The second-order valence-corrected chi connectivity index (χ2v) is 3.56. The van der Waals surface area contributed by atoms with E-state index in [9.17, 15) is 14.4 Å². The maximum Gasteiger partial charge on any atom is 0.337 e. The number of hydrogen-bond donors (Lipinski definition) is 0. The molecule has 0 N–H and O–H groups in total. The van der Waals surface area contributed by atoms with E-state index in [0.717, 1.165) is 0 Å². The lowest BCUT2D eigenvalue weighted by molar-refractivity contribution is -0.117. The number of benzene rings is 1. The summed E-state index contributed by atoms with van der Waals surface area (Å²) < 4.78 is 4.56. The van der Waals surface area contributed by atoms with Gasteiger partial charge in [0.2, 0.25) is 0 Å². The highest BCUT2D eigenvalue weighted by atomic mass is 16.5. The lowest BCUT2D eigenvalue weighted by atomic mass is 10.0. The highest BCUT2D eigenvalue weighted by Gasteiger charge is 2.13. The number of esters is 1. The summed E-state index contributed by atoms with van der Waals surface area (Å²) in [5.74, 6) is -0.887. The van der Waals surface area contributed by atoms with Crippen molar-refractivity contribution in [2.75, 3.05) is 7.11 Å². The molecule has 17 heavy (non-hydrogen) atoms. The Morgan fingerprint density at radius 1 is 1.18 bits per heavy atom. The molecule has 4 nitrogen and oxygen atoms in total. The van der Waals surface area contributed by atoms with Gasteiger partial charge in [-0.05, 0) is 12.1 Å². The molecular weight excluding hydrogens is 220 g/mol. The van der Waals surface area contributed by atoms with Crippen LogP contribution in [-0.4, -0.2) is 24.6 Å². The zero-order valence-corrected chi connectivity index (χ0v) is 9.86. The van der Waals surface area contributed by atoms with Crippen molar-refractivity contribution in [2.24, 2.45) is 0 Å². The van der Waals surface area contributed by atoms with Crippen molar-refractivity contribution in [1.29, 1.82) is 0 Å². The van der Waals surface area contributed by atoms with Gasteiger partial charge < -0.3 is 4.74 Å². The molecule has 1 aromatic carbocycles. The third-order valence-electron chi connectivity index (χ3n) is 2.36. The first-order valence-corrected chi connectivity index (χ1v) is 5.31. The third-order valence-corrected chi connectivity index (χ3v) is 2.36. The summed E-state index contributed by atoms with van der Waals surface area (Å²) in [7, 11) is 1.28. The average Bonchev–Trinajstić information content (AvgIpc) is 2.37. The summed E-state index contributed by atoms with van der Waals surface area (Å²) in [6.45, 7) is 1.71. The van der Waals surface area contributed by atoms with Crippen molar-refractivity contribution in [1.82, 2.24) is 0 Å². The van der Waals surface area contributed by atoms with Crippen molar-refractivity contribution < 1.29 is 19.1 Å². The van der Waals surface area contributed by atoms with Gasteiger partial charge in [-0.1, -0.05) is 19.1 Å². The molecule has 0 spiro atoms. The zero-order chi connectivity index (χ0) is 12.8. The fourth-order valence-corrected chi connectivity index (χ4v) is 1.34. The first-order chi connectivity index (χ1) is 8.08. The van der Waals surface area contributed by atoms with Crippen LogP contribution in [-0.2, 0) is 9.53 Å². The number of hydrogen-bond acceptors (Lipinski definition) is 4. The number of rotatable bonds is 5. The number of carbonyl (C=O) groups is 3. The van der Waals surface area contributed by atoms with Gasteiger partial charge in [0.25, 0.3) is 0 Å². The van der Waals surface area contributed by atoms with Crippen molar-refractivity contribution in [3.05, 3.63) is 35.4 Å². The predicted molar refractivity (Wildman–Crippen MR) is 62.0 cm³/mol. The van der Waals surface area contributed by atoms with E-state index >= 15 is 0 Å². The molecule has 0 unspecified atom stereocenters. The van der Waals surface area contributed by atoms with Crippen LogP contribution in [0.2, 0.25) is 0 Å². The van der Waals surface area contributed by atoms with Gasteiger partial charge in [-0.2, -0.15) is 0 Å². The number of ketones is 2. The van der Waals surface area contributed by atoms with Gasteiger partial charge in [-0.3, -0.25) is 9.59 Å². The Morgan fingerprint density at radius 3 is 2.41 bits per heavy atom. The summed E-state index contributed by atoms with van der Waals surface area (Å²) >= 11 is 0. The van der Waals surface area contributed by atoms with Crippen LogP contribution in [0.5, 0.6) is 0 Å². The van der Waals surface area contributed by atoms with Gasteiger partial charge in [-0.25, -0.2) is 4.79 Å². The molecule has 0 aliphatic rings. The first kappa shape index (κ1) is 13.1. The summed E-state index contributed by atoms with van der Waals surface area (Å²) in [4.78, 5) is 34.1. The van der Waals surface area contributed by atoms with Gasteiger partial charge in [0.1, 0.15) is 5.78 Å².